The van der Waals surface area contributed by atoms with Crippen molar-refractivity contribution < 1.29 is 4.39 Å². The summed E-state index contributed by atoms with van der Waals surface area (Å²) in [5.74, 6) is -0.259. The van der Waals surface area contributed by atoms with Gasteiger partial charge in [0.1, 0.15) is 10.8 Å². The number of hydrogen-bond donors (Lipinski definition) is 1. The van der Waals surface area contributed by atoms with Crippen LogP contribution in [0.2, 0.25) is 0 Å². The fourth-order valence-corrected chi connectivity index (χ4v) is 3.07. The molecule has 0 aliphatic heterocycles. The minimum Gasteiger partial charge on any atom is -0.378 e. The monoisotopic (exact) mass is 336 g/mol. The van der Waals surface area contributed by atoms with Gasteiger partial charge in [-0.2, -0.15) is 0 Å². The number of anilines is 1. The van der Waals surface area contributed by atoms with E-state index < -0.39 is 0 Å². The van der Waals surface area contributed by atoms with Crippen LogP contribution in [0.1, 0.15) is 5.01 Å². The van der Waals surface area contributed by atoms with Crippen LogP contribution in [0.5, 0.6) is 0 Å². The van der Waals surface area contributed by atoms with E-state index in [9.17, 15) is 4.39 Å². The predicted octanol–water partition coefficient (Wildman–Crippen LogP) is 4.81. The molecule has 0 fully saturated rings. The smallest absolute Gasteiger partial charge is 0.137 e. The van der Waals surface area contributed by atoms with E-state index in [2.05, 4.69) is 32.3 Å². The highest BCUT2D eigenvalue weighted by Gasteiger charge is 2.04. The van der Waals surface area contributed by atoms with E-state index in [4.69, 9.17) is 0 Å². The van der Waals surface area contributed by atoms with E-state index in [0.717, 1.165) is 16.2 Å². The first kappa shape index (κ1) is 12.6. The van der Waals surface area contributed by atoms with Crippen LogP contribution in [0.4, 0.5) is 10.1 Å². The second-order valence-electron chi connectivity index (χ2n) is 4.06. The number of para-hydroxylation sites is 1. The molecular weight excluding hydrogens is 327 g/mol. The van der Waals surface area contributed by atoms with Crippen molar-refractivity contribution in [1.82, 2.24) is 4.98 Å². The van der Waals surface area contributed by atoms with E-state index in [0.29, 0.717) is 11.0 Å². The predicted molar refractivity (Wildman–Crippen MR) is 81.0 cm³/mol. The van der Waals surface area contributed by atoms with Gasteiger partial charge >= 0.3 is 0 Å². The molecule has 3 rings (SSSR count). The molecule has 2 nitrogen and oxygen atoms in total. The second-order valence-corrected chi connectivity index (χ2v) is 6.03. The van der Waals surface area contributed by atoms with Crippen LogP contribution in [-0.2, 0) is 6.54 Å². The zero-order chi connectivity index (χ0) is 13.2. The molecule has 0 unspecified atom stereocenters. The number of nitrogens with one attached hydrogen (secondary N) is 1. The van der Waals surface area contributed by atoms with Crippen molar-refractivity contribution in [2.24, 2.45) is 0 Å². The highest BCUT2D eigenvalue weighted by molar-refractivity contribution is 9.10. The van der Waals surface area contributed by atoms with Gasteiger partial charge in [-0.3, -0.25) is 0 Å². The summed E-state index contributed by atoms with van der Waals surface area (Å²) >= 11 is 4.84. The maximum atomic E-state index is 13.1. The van der Waals surface area contributed by atoms with E-state index in [-0.39, 0.29) is 5.82 Å². The number of nitrogens with zero attached hydrogens (tertiary/aromatic N) is 1. The molecule has 5 heteroatoms. The van der Waals surface area contributed by atoms with Gasteiger partial charge in [-0.15, -0.1) is 11.3 Å². The third-order valence-corrected chi connectivity index (χ3v) is 4.35. The molecule has 3 aromatic rings. The number of fused-ring (bicyclic) bond motifs is 1. The number of hydrogen-bond acceptors (Lipinski definition) is 3. The lowest BCUT2D eigenvalue weighted by molar-refractivity contribution is 0.621. The average Bonchev–Trinajstić information content (AvgIpc) is 2.83. The number of rotatable bonds is 3. The fraction of sp³-hybridized carbons (Fsp3) is 0.0714. The third-order valence-electron chi connectivity index (χ3n) is 2.70. The Morgan fingerprint density at radius 3 is 2.84 bits per heavy atom. The van der Waals surface area contributed by atoms with Crippen molar-refractivity contribution in [3.63, 3.8) is 0 Å². The third kappa shape index (κ3) is 2.77. The summed E-state index contributed by atoms with van der Waals surface area (Å²) in [6.45, 7) is 0.636. The number of halogens is 2. The van der Waals surface area contributed by atoms with Crippen molar-refractivity contribution in [2.45, 2.75) is 6.54 Å². The van der Waals surface area contributed by atoms with Crippen molar-refractivity contribution in [3.05, 3.63) is 57.8 Å². The zero-order valence-electron chi connectivity index (χ0n) is 9.86. The van der Waals surface area contributed by atoms with Crippen LogP contribution in [0.3, 0.4) is 0 Å². The number of thiazole rings is 1. The molecule has 0 saturated carbocycles. The van der Waals surface area contributed by atoms with Gasteiger partial charge in [-0.1, -0.05) is 12.1 Å². The Morgan fingerprint density at radius 1 is 1.21 bits per heavy atom. The summed E-state index contributed by atoms with van der Waals surface area (Å²) in [5, 5.41) is 4.26. The van der Waals surface area contributed by atoms with Crippen molar-refractivity contribution in [1.29, 1.82) is 0 Å². The average molecular weight is 337 g/mol. The van der Waals surface area contributed by atoms with Crippen molar-refractivity contribution in [3.8, 4) is 0 Å². The Hall–Kier alpha value is -1.46. The van der Waals surface area contributed by atoms with Gasteiger partial charge in [0.05, 0.1) is 21.2 Å². The summed E-state index contributed by atoms with van der Waals surface area (Å²) in [4.78, 5) is 4.54. The first-order valence-corrected chi connectivity index (χ1v) is 7.37. The Bertz CT molecular complexity index is 693. The van der Waals surface area contributed by atoms with Gasteiger partial charge in [0, 0.05) is 5.69 Å². The maximum absolute atomic E-state index is 13.1. The van der Waals surface area contributed by atoms with Crippen LogP contribution in [-0.4, -0.2) is 4.98 Å². The first-order chi connectivity index (χ1) is 9.22. The lowest BCUT2D eigenvalue weighted by Crippen LogP contribution is -1.98. The SMILES string of the molecule is Fc1ccc(NCc2nc3ccccc3s2)cc1Br. The standard InChI is InChI=1S/C14H10BrFN2S/c15-10-7-9(5-6-11(10)16)17-8-14-18-12-3-1-2-4-13(12)19-14/h1-7,17H,8H2. The molecule has 0 spiro atoms. The normalized spacial score (nSPS) is 10.8. The Morgan fingerprint density at radius 2 is 2.05 bits per heavy atom. The van der Waals surface area contributed by atoms with Crippen molar-refractivity contribution in [2.75, 3.05) is 5.32 Å². The van der Waals surface area contributed by atoms with Gasteiger partial charge in [0.15, 0.2) is 0 Å². The highest BCUT2D eigenvalue weighted by Crippen LogP contribution is 2.24. The Labute approximate surface area is 122 Å². The second kappa shape index (κ2) is 5.27. The molecule has 0 aliphatic carbocycles. The summed E-state index contributed by atoms with van der Waals surface area (Å²) in [6.07, 6.45) is 0. The Kier molecular flexibility index (Phi) is 3.48. The maximum Gasteiger partial charge on any atom is 0.137 e. The highest BCUT2D eigenvalue weighted by atomic mass is 79.9. The van der Waals surface area contributed by atoms with Crippen molar-refractivity contribution >= 4 is 43.2 Å². The molecule has 2 aromatic carbocycles. The quantitative estimate of drug-likeness (QED) is 0.742. The fourth-order valence-electron chi connectivity index (χ4n) is 1.78. The van der Waals surface area contributed by atoms with E-state index in [1.54, 1.807) is 23.5 Å². The van der Waals surface area contributed by atoms with Crippen LogP contribution < -0.4 is 5.32 Å². The first-order valence-electron chi connectivity index (χ1n) is 5.76. The minimum absolute atomic E-state index is 0.259. The van der Waals surface area contributed by atoms with Gasteiger partial charge in [0.2, 0.25) is 0 Å². The Balaban J connectivity index is 1.76. The molecule has 96 valence electrons. The summed E-state index contributed by atoms with van der Waals surface area (Å²) < 4.78 is 14.8. The molecule has 0 bridgehead atoms. The summed E-state index contributed by atoms with van der Waals surface area (Å²) in [6, 6.07) is 12.9. The van der Waals surface area contributed by atoms with E-state index >= 15 is 0 Å². The van der Waals surface area contributed by atoms with Crippen LogP contribution in [0.15, 0.2) is 46.9 Å². The van der Waals surface area contributed by atoms with E-state index in [1.165, 1.54) is 10.8 Å². The van der Waals surface area contributed by atoms with Gasteiger partial charge in [0.25, 0.3) is 0 Å². The molecule has 0 atom stereocenters. The van der Waals surface area contributed by atoms with Gasteiger partial charge in [-0.05, 0) is 46.3 Å². The van der Waals surface area contributed by atoms with Gasteiger partial charge < -0.3 is 5.32 Å². The molecular formula is C14H10BrFN2S. The molecule has 0 amide bonds. The molecule has 19 heavy (non-hydrogen) atoms. The minimum atomic E-state index is -0.259. The molecule has 0 saturated heterocycles. The summed E-state index contributed by atoms with van der Waals surface area (Å²) in [5.41, 5.74) is 1.89. The zero-order valence-corrected chi connectivity index (χ0v) is 12.3. The molecule has 0 radical (unpaired) electrons. The molecule has 1 heterocycles. The van der Waals surface area contributed by atoms with Crippen LogP contribution >= 0.6 is 27.3 Å². The topological polar surface area (TPSA) is 24.9 Å². The largest absolute Gasteiger partial charge is 0.378 e. The molecule has 1 aromatic heterocycles. The summed E-state index contributed by atoms with van der Waals surface area (Å²) in [7, 11) is 0. The van der Waals surface area contributed by atoms with E-state index in [1.807, 2.05) is 18.2 Å². The molecule has 1 N–H and O–H groups in total. The van der Waals surface area contributed by atoms with Crippen LogP contribution in [0.25, 0.3) is 10.2 Å². The lowest BCUT2D eigenvalue weighted by atomic mass is 10.3. The lowest BCUT2D eigenvalue weighted by Gasteiger charge is -2.04. The van der Waals surface area contributed by atoms with Gasteiger partial charge in [-0.25, -0.2) is 9.37 Å². The number of aromatic nitrogens is 1. The number of benzene rings is 2. The molecule has 0 aliphatic rings. The van der Waals surface area contributed by atoms with Crippen LogP contribution in [0, 0.1) is 5.82 Å².